The molecule has 7 nitrogen and oxygen atoms in total. The van der Waals surface area contributed by atoms with Crippen LogP contribution in [0.1, 0.15) is 55.5 Å². The summed E-state index contributed by atoms with van der Waals surface area (Å²) in [6.07, 6.45) is 1.61. The molecule has 0 saturated carbocycles. The fraction of sp³-hybridized carbons (Fsp3) is 0.421. The largest absolute Gasteiger partial charge is 0.383 e. The number of nitrogens with one attached hydrogen (secondary N) is 1. The van der Waals surface area contributed by atoms with E-state index in [0.717, 1.165) is 18.4 Å². The first-order valence-corrected chi connectivity index (χ1v) is 8.78. The monoisotopic (exact) mass is 358 g/mol. The molecule has 2 rings (SSSR count). The average molecular weight is 358 g/mol. The summed E-state index contributed by atoms with van der Waals surface area (Å²) in [5.41, 5.74) is 6.37. The summed E-state index contributed by atoms with van der Waals surface area (Å²) in [4.78, 5) is 40.5. The van der Waals surface area contributed by atoms with Crippen LogP contribution in [0.4, 0.5) is 11.5 Å². The zero-order chi connectivity index (χ0) is 19.4. The second-order valence-electron chi connectivity index (χ2n) is 6.64. The highest BCUT2D eigenvalue weighted by atomic mass is 16.2. The fourth-order valence-electron chi connectivity index (χ4n) is 2.75. The van der Waals surface area contributed by atoms with Gasteiger partial charge in [-0.05, 0) is 30.0 Å². The number of nitrogens with zero attached hydrogens (tertiary/aromatic N) is 2. The van der Waals surface area contributed by atoms with Crippen LogP contribution in [0.5, 0.6) is 0 Å². The molecule has 0 fully saturated rings. The van der Waals surface area contributed by atoms with Crippen molar-refractivity contribution in [2.45, 2.75) is 46.1 Å². The predicted molar refractivity (Wildman–Crippen MR) is 104 cm³/mol. The maximum absolute atomic E-state index is 12.8. The molecular weight excluding hydrogens is 332 g/mol. The Kier molecular flexibility index (Phi) is 6.02. The highest BCUT2D eigenvalue weighted by Crippen LogP contribution is 2.20. The van der Waals surface area contributed by atoms with Gasteiger partial charge in [0.05, 0.1) is 0 Å². The van der Waals surface area contributed by atoms with Gasteiger partial charge in [-0.2, -0.15) is 0 Å². The maximum atomic E-state index is 12.8. The van der Waals surface area contributed by atoms with E-state index in [1.165, 1.54) is 16.5 Å². The molecule has 0 aliphatic rings. The molecule has 1 aromatic heterocycles. The fourth-order valence-corrected chi connectivity index (χ4v) is 2.75. The van der Waals surface area contributed by atoms with Crippen molar-refractivity contribution in [2.24, 2.45) is 0 Å². The molecule has 7 heteroatoms. The number of H-pyrrole nitrogens is 1. The summed E-state index contributed by atoms with van der Waals surface area (Å²) in [5, 5.41) is 0. The number of carbonyl (C=O) groups excluding carboxylic acids is 1. The summed E-state index contributed by atoms with van der Waals surface area (Å²) < 4.78 is 1.30. The van der Waals surface area contributed by atoms with E-state index in [9.17, 15) is 14.4 Å². The van der Waals surface area contributed by atoms with Crippen LogP contribution >= 0.6 is 0 Å². The second kappa shape index (κ2) is 8.03. The van der Waals surface area contributed by atoms with Gasteiger partial charge in [0.1, 0.15) is 5.82 Å². The molecule has 0 atom stereocenters. The molecule has 0 unspecified atom stereocenters. The van der Waals surface area contributed by atoms with Crippen molar-refractivity contribution in [3.63, 3.8) is 0 Å². The molecule has 0 aliphatic carbocycles. The third-order valence-electron chi connectivity index (χ3n) is 4.41. The van der Waals surface area contributed by atoms with Gasteiger partial charge in [-0.3, -0.25) is 19.1 Å². The van der Waals surface area contributed by atoms with E-state index in [0.29, 0.717) is 18.0 Å². The van der Waals surface area contributed by atoms with E-state index in [2.05, 4.69) is 18.8 Å². The van der Waals surface area contributed by atoms with Gasteiger partial charge in [0.25, 0.3) is 11.5 Å². The van der Waals surface area contributed by atoms with Gasteiger partial charge >= 0.3 is 5.69 Å². The number of anilines is 2. The Morgan fingerprint density at radius 1 is 1.23 bits per heavy atom. The Bertz CT molecular complexity index is 894. The van der Waals surface area contributed by atoms with Crippen LogP contribution in [-0.2, 0) is 6.54 Å². The molecule has 1 heterocycles. The molecule has 0 radical (unpaired) electrons. The van der Waals surface area contributed by atoms with Crippen molar-refractivity contribution >= 4 is 17.4 Å². The minimum atomic E-state index is -0.671. The molecule has 140 valence electrons. The smallest absolute Gasteiger partial charge is 0.330 e. The minimum absolute atomic E-state index is 0.00171. The summed E-state index contributed by atoms with van der Waals surface area (Å²) in [5.74, 6) is -0.00228. The van der Waals surface area contributed by atoms with E-state index in [1.807, 2.05) is 19.1 Å². The molecule has 1 amide bonds. The number of benzene rings is 1. The number of unbranched alkanes of at least 4 members (excludes halogenated alkanes) is 1. The Balaban J connectivity index is 2.42. The first-order chi connectivity index (χ1) is 12.3. The maximum Gasteiger partial charge on any atom is 0.330 e. The molecule has 3 N–H and O–H groups in total. The molecule has 0 aliphatic heterocycles. The van der Waals surface area contributed by atoms with E-state index >= 15 is 0 Å². The lowest BCUT2D eigenvalue weighted by atomic mass is 10.0. The van der Waals surface area contributed by atoms with Gasteiger partial charge in [-0.15, -0.1) is 0 Å². The summed E-state index contributed by atoms with van der Waals surface area (Å²) >= 11 is 0. The zero-order valence-corrected chi connectivity index (χ0v) is 15.7. The first kappa shape index (κ1) is 19.5. The number of amides is 1. The third kappa shape index (κ3) is 3.87. The topological polar surface area (TPSA) is 101 Å². The van der Waals surface area contributed by atoms with Crippen LogP contribution in [0.2, 0.25) is 0 Å². The number of hydrogen-bond acceptors (Lipinski definition) is 4. The predicted octanol–water partition coefficient (Wildman–Crippen LogP) is 2.32. The van der Waals surface area contributed by atoms with E-state index in [1.54, 1.807) is 12.1 Å². The second-order valence-corrected chi connectivity index (χ2v) is 6.64. The molecule has 26 heavy (non-hydrogen) atoms. The SMILES string of the molecule is CCCCn1c(N)c(N(C)C(=O)c2ccc(C(C)C)cc2)c(=O)[nH]c1=O. The van der Waals surface area contributed by atoms with Gasteiger partial charge in [0.15, 0.2) is 5.69 Å². The number of aromatic nitrogens is 2. The van der Waals surface area contributed by atoms with Crippen LogP contribution < -0.4 is 21.9 Å². The quantitative estimate of drug-likeness (QED) is 0.827. The molecular formula is C19H26N4O3. The lowest BCUT2D eigenvalue weighted by molar-refractivity contribution is 0.0992. The van der Waals surface area contributed by atoms with Gasteiger partial charge in [0.2, 0.25) is 0 Å². The molecule has 0 saturated heterocycles. The molecule has 0 bridgehead atoms. The number of nitrogen functional groups attached to an aromatic ring is 1. The standard InChI is InChI=1S/C19H26N4O3/c1-5-6-11-23-16(20)15(17(24)21-19(23)26)22(4)18(25)14-9-7-13(8-10-14)12(2)3/h7-10,12H,5-6,11,20H2,1-4H3,(H,21,24,26). The molecule has 2 aromatic rings. The van der Waals surface area contributed by atoms with Crippen LogP contribution in [0.3, 0.4) is 0 Å². The minimum Gasteiger partial charge on any atom is -0.383 e. The van der Waals surface area contributed by atoms with Crippen molar-refractivity contribution < 1.29 is 4.79 Å². The van der Waals surface area contributed by atoms with Gasteiger partial charge in [0, 0.05) is 19.2 Å². The van der Waals surface area contributed by atoms with Crippen molar-refractivity contribution in [1.82, 2.24) is 9.55 Å². The number of nitrogens with two attached hydrogens (primary N) is 1. The van der Waals surface area contributed by atoms with Crippen LogP contribution in [-0.4, -0.2) is 22.5 Å². The number of hydrogen-bond donors (Lipinski definition) is 2. The number of aromatic amines is 1. The average Bonchev–Trinajstić information content (AvgIpc) is 2.60. The highest BCUT2D eigenvalue weighted by Gasteiger charge is 2.22. The summed E-state index contributed by atoms with van der Waals surface area (Å²) in [6, 6.07) is 7.24. The lowest BCUT2D eigenvalue weighted by Crippen LogP contribution is -2.39. The Morgan fingerprint density at radius 2 is 1.85 bits per heavy atom. The van der Waals surface area contributed by atoms with E-state index in [4.69, 9.17) is 5.73 Å². The number of rotatable bonds is 6. The Hall–Kier alpha value is -2.83. The Labute approximate surface area is 152 Å². The van der Waals surface area contributed by atoms with E-state index < -0.39 is 11.2 Å². The van der Waals surface area contributed by atoms with Crippen LogP contribution in [0.25, 0.3) is 0 Å². The highest BCUT2D eigenvalue weighted by molar-refractivity contribution is 6.06. The van der Waals surface area contributed by atoms with Crippen LogP contribution in [0.15, 0.2) is 33.9 Å². The summed E-state index contributed by atoms with van der Waals surface area (Å²) in [7, 11) is 1.48. The van der Waals surface area contributed by atoms with Gasteiger partial charge in [-0.1, -0.05) is 39.3 Å². The Morgan fingerprint density at radius 3 is 2.38 bits per heavy atom. The van der Waals surface area contributed by atoms with Crippen LogP contribution in [0, 0.1) is 0 Å². The molecule has 0 spiro atoms. The zero-order valence-electron chi connectivity index (χ0n) is 15.7. The van der Waals surface area contributed by atoms with Crippen molar-refractivity contribution in [1.29, 1.82) is 0 Å². The summed E-state index contributed by atoms with van der Waals surface area (Å²) in [6.45, 7) is 6.52. The van der Waals surface area contributed by atoms with Gasteiger partial charge in [-0.25, -0.2) is 4.79 Å². The van der Waals surface area contributed by atoms with Gasteiger partial charge < -0.3 is 10.6 Å². The first-order valence-electron chi connectivity index (χ1n) is 8.78. The number of carbonyl (C=O) groups is 1. The van der Waals surface area contributed by atoms with Crippen molar-refractivity contribution in [3.8, 4) is 0 Å². The lowest BCUT2D eigenvalue weighted by Gasteiger charge is -2.20. The van der Waals surface area contributed by atoms with E-state index in [-0.39, 0.29) is 17.4 Å². The van der Waals surface area contributed by atoms with Crippen molar-refractivity contribution in [3.05, 3.63) is 56.2 Å². The third-order valence-corrected chi connectivity index (χ3v) is 4.41. The molecule has 1 aromatic carbocycles. The van der Waals surface area contributed by atoms with Crippen molar-refractivity contribution in [2.75, 3.05) is 17.7 Å². The normalized spacial score (nSPS) is 11.0.